The first-order chi connectivity index (χ1) is 8.63. The number of nitrogens with zero attached hydrogens (tertiary/aromatic N) is 3. The Bertz CT molecular complexity index is 606. The maximum atomic E-state index is 8.90. The number of nitrogens with one attached hydrogen (secondary N) is 1. The molecule has 0 spiro atoms. The molecule has 0 atom stereocenters. The molecule has 0 amide bonds. The average molecular weight is 241 g/mol. The first kappa shape index (κ1) is 12.0. The molecule has 0 aliphatic heterocycles. The van der Waals surface area contributed by atoms with Crippen molar-refractivity contribution >= 4 is 11.4 Å². The van der Waals surface area contributed by atoms with Crippen molar-refractivity contribution < 1.29 is 0 Å². The van der Waals surface area contributed by atoms with E-state index in [2.05, 4.69) is 16.5 Å². The molecule has 0 unspecified atom stereocenters. The van der Waals surface area contributed by atoms with Crippen molar-refractivity contribution in [1.82, 2.24) is 9.78 Å². The highest BCUT2D eigenvalue weighted by atomic mass is 15.3. The Balaban J connectivity index is 2.16. The first-order valence-corrected chi connectivity index (χ1v) is 5.63. The Labute approximate surface area is 106 Å². The number of anilines is 2. The van der Waals surface area contributed by atoms with Crippen LogP contribution in [0, 0.1) is 18.3 Å². The third-order valence-corrected chi connectivity index (χ3v) is 3.03. The third kappa shape index (κ3) is 2.13. The number of aryl methyl sites for hydroxylation is 1. The molecule has 0 aliphatic rings. The van der Waals surface area contributed by atoms with Gasteiger partial charge in [0.25, 0.3) is 0 Å². The summed E-state index contributed by atoms with van der Waals surface area (Å²) in [6.07, 6.45) is 1.83. The zero-order valence-corrected chi connectivity index (χ0v) is 10.4. The zero-order valence-electron chi connectivity index (χ0n) is 10.4. The average Bonchev–Trinajstić information content (AvgIpc) is 2.69. The summed E-state index contributed by atoms with van der Waals surface area (Å²) in [6, 6.07) is 7.45. The number of nitrogens with two attached hydrogens (primary N) is 1. The van der Waals surface area contributed by atoms with E-state index >= 15 is 0 Å². The molecular formula is C13H15N5. The number of hydrogen-bond acceptors (Lipinski definition) is 4. The second-order valence-electron chi connectivity index (χ2n) is 4.11. The predicted octanol–water partition coefficient (Wildman–Crippen LogP) is 1.79. The Morgan fingerprint density at radius 2 is 2.28 bits per heavy atom. The van der Waals surface area contributed by atoms with Crippen molar-refractivity contribution in [3.05, 3.63) is 41.2 Å². The van der Waals surface area contributed by atoms with Gasteiger partial charge in [0, 0.05) is 24.8 Å². The maximum Gasteiger partial charge on any atom is 0.101 e. The van der Waals surface area contributed by atoms with Crippen LogP contribution in [0.2, 0.25) is 0 Å². The van der Waals surface area contributed by atoms with Crippen LogP contribution in [0.5, 0.6) is 0 Å². The lowest BCUT2D eigenvalue weighted by Gasteiger charge is -2.09. The van der Waals surface area contributed by atoms with E-state index in [1.54, 1.807) is 6.07 Å². The third-order valence-electron chi connectivity index (χ3n) is 3.03. The molecule has 0 bridgehead atoms. The number of benzene rings is 1. The summed E-state index contributed by atoms with van der Waals surface area (Å²) >= 11 is 0. The molecule has 0 radical (unpaired) electrons. The summed E-state index contributed by atoms with van der Waals surface area (Å²) in [5.41, 5.74) is 9.87. The molecule has 1 aromatic carbocycles. The Hall–Kier alpha value is -2.48. The van der Waals surface area contributed by atoms with Gasteiger partial charge in [-0.05, 0) is 19.1 Å². The lowest BCUT2D eigenvalue weighted by Crippen LogP contribution is -2.04. The number of para-hydroxylation sites is 1. The number of rotatable bonds is 3. The van der Waals surface area contributed by atoms with Crippen molar-refractivity contribution in [1.29, 1.82) is 5.26 Å². The Kier molecular flexibility index (Phi) is 3.20. The van der Waals surface area contributed by atoms with E-state index in [1.165, 1.54) is 0 Å². The van der Waals surface area contributed by atoms with Crippen LogP contribution >= 0.6 is 0 Å². The highest BCUT2D eigenvalue weighted by molar-refractivity contribution is 5.72. The second-order valence-corrected chi connectivity index (χ2v) is 4.11. The van der Waals surface area contributed by atoms with Gasteiger partial charge in [-0.3, -0.25) is 4.68 Å². The minimum Gasteiger partial charge on any atom is -0.396 e. The lowest BCUT2D eigenvalue weighted by atomic mass is 10.1. The Morgan fingerprint density at radius 1 is 1.50 bits per heavy atom. The van der Waals surface area contributed by atoms with Crippen molar-refractivity contribution in [3.8, 4) is 6.07 Å². The highest BCUT2D eigenvalue weighted by Crippen LogP contribution is 2.22. The van der Waals surface area contributed by atoms with Gasteiger partial charge in [-0.15, -0.1) is 0 Å². The molecule has 92 valence electrons. The van der Waals surface area contributed by atoms with E-state index in [9.17, 15) is 0 Å². The normalized spacial score (nSPS) is 10.1. The summed E-state index contributed by atoms with van der Waals surface area (Å²) in [5, 5.41) is 16.3. The van der Waals surface area contributed by atoms with Gasteiger partial charge < -0.3 is 11.1 Å². The molecule has 1 aromatic heterocycles. The molecule has 5 heteroatoms. The van der Waals surface area contributed by atoms with Crippen LogP contribution in [0.4, 0.5) is 11.4 Å². The molecule has 0 fully saturated rings. The van der Waals surface area contributed by atoms with Crippen molar-refractivity contribution in [2.45, 2.75) is 13.5 Å². The number of hydrogen-bond donors (Lipinski definition) is 2. The second kappa shape index (κ2) is 4.80. The van der Waals surface area contributed by atoms with Gasteiger partial charge in [-0.1, -0.05) is 6.07 Å². The fourth-order valence-corrected chi connectivity index (χ4v) is 1.73. The molecule has 3 N–H and O–H groups in total. The van der Waals surface area contributed by atoms with E-state index in [0.717, 1.165) is 16.9 Å². The molecule has 0 saturated carbocycles. The molecule has 5 nitrogen and oxygen atoms in total. The standard InChI is InChI=1S/C13H15N5/c1-9-11(8-17-18(9)2)7-16-12-5-3-4-10(6-14)13(12)15/h3-5,8,16H,7,15H2,1-2H3. The summed E-state index contributed by atoms with van der Waals surface area (Å²) < 4.78 is 1.83. The van der Waals surface area contributed by atoms with Gasteiger partial charge in [-0.25, -0.2) is 0 Å². The van der Waals surface area contributed by atoms with E-state index in [4.69, 9.17) is 11.0 Å². The molecular weight excluding hydrogens is 226 g/mol. The van der Waals surface area contributed by atoms with Gasteiger partial charge in [0.2, 0.25) is 0 Å². The molecule has 1 heterocycles. The van der Waals surface area contributed by atoms with Gasteiger partial charge in [0.15, 0.2) is 0 Å². The topological polar surface area (TPSA) is 79.7 Å². The van der Waals surface area contributed by atoms with Crippen LogP contribution in [-0.4, -0.2) is 9.78 Å². The zero-order chi connectivity index (χ0) is 13.1. The van der Waals surface area contributed by atoms with Gasteiger partial charge in [0.05, 0.1) is 23.1 Å². The van der Waals surface area contributed by atoms with E-state index in [-0.39, 0.29) is 0 Å². The van der Waals surface area contributed by atoms with Crippen LogP contribution in [0.1, 0.15) is 16.8 Å². The molecule has 2 rings (SSSR count). The van der Waals surface area contributed by atoms with Crippen molar-refractivity contribution in [3.63, 3.8) is 0 Å². The van der Waals surface area contributed by atoms with E-state index in [0.29, 0.717) is 17.8 Å². The van der Waals surface area contributed by atoms with Gasteiger partial charge in [-0.2, -0.15) is 10.4 Å². The summed E-state index contributed by atoms with van der Waals surface area (Å²) in [7, 11) is 1.91. The van der Waals surface area contributed by atoms with E-state index < -0.39 is 0 Å². The maximum absolute atomic E-state index is 8.90. The van der Waals surface area contributed by atoms with Gasteiger partial charge in [0.1, 0.15) is 6.07 Å². The summed E-state index contributed by atoms with van der Waals surface area (Å²) in [4.78, 5) is 0. The number of nitriles is 1. The molecule has 0 aliphatic carbocycles. The lowest BCUT2D eigenvalue weighted by molar-refractivity contribution is 0.738. The fourth-order valence-electron chi connectivity index (χ4n) is 1.73. The van der Waals surface area contributed by atoms with Crippen LogP contribution in [0.25, 0.3) is 0 Å². The minimum atomic E-state index is 0.488. The van der Waals surface area contributed by atoms with Crippen LogP contribution in [0.3, 0.4) is 0 Å². The van der Waals surface area contributed by atoms with E-state index in [1.807, 2.05) is 37.0 Å². The molecule has 0 saturated heterocycles. The monoisotopic (exact) mass is 241 g/mol. The van der Waals surface area contributed by atoms with Crippen molar-refractivity contribution in [2.75, 3.05) is 11.1 Å². The SMILES string of the molecule is Cc1c(CNc2cccc(C#N)c2N)cnn1C. The fraction of sp³-hybridized carbons (Fsp3) is 0.231. The Morgan fingerprint density at radius 3 is 2.89 bits per heavy atom. The first-order valence-electron chi connectivity index (χ1n) is 5.63. The predicted molar refractivity (Wildman–Crippen MR) is 70.8 cm³/mol. The van der Waals surface area contributed by atoms with Crippen molar-refractivity contribution in [2.24, 2.45) is 7.05 Å². The highest BCUT2D eigenvalue weighted by Gasteiger charge is 2.06. The van der Waals surface area contributed by atoms with Crippen LogP contribution in [0.15, 0.2) is 24.4 Å². The van der Waals surface area contributed by atoms with Gasteiger partial charge >= 0.3 is 0 Å². The van der Waals surface area contributed by atoms with Crippen LogP contribution < -0.4 is 11.1 Å². The summed E-state index contributed by atoms with van der Waals surface area (Å²) in [5.74, 6) is 0. The smallest absolute Gasteiger partial charge is 0.101 e. The largest absolute Gasteiger partial charge is 0.396 e. The van der Waals surface area contributed by atoms with Crippen LogP contribution in [-0.2, 0) is 13.6 Å². The quantitative estimate of drug-likeness (QED) is 0.803. The molecule has 18 heavy (non-hydrogen) atoms. The number of nitrogen functional groups attached to an aromatic ring is 1. The summed E-state index contributed by atoms with van der Waals surface area (Å²) in [6.45, 7) is 2.65. The molecule has 2 aromatic rings. The minimum absolute atomic E-state index is 0.488. The number of aromatic nitrogens is 2.